The fourth-order valence-electron chi connectivity index (χ4n) is 10.0. The average Bonchev–Trinajstić information content (AvgIpc) is 3.92. The summed E-state index contributed by atoms with van der Waals surface area (Å²) in [4.78, 5) is 6.53. The third-order valence-corrected chi connectivity index (χ3v) is 13.9. The van der Waals surface area contributed by atoms with Crippen molar-refractivity contribution in [2.45, 2.75) is 59.9 Å². The van der Waals surface area contributed by atoms with E-state index in [-0.39, 0.29) is 23.6 Å². The van der Waals surface area contributed by atoms with E-state index < -0.39 is 0 Å². The Labute approximate surface area is 316 Å². The predicted octanol–water partition coefficient (Wildman–Crippen LogP) is 12.3. The van der Waals surface area contributed by atoms with Crippen LogP contribution < -0.4 is 14.5 Å². The number of thioether (sulfide) groups is 1. The lowest BCUT2D eigenvalue weighted by atomic mass is 9.78. The Kier molecular flexibility index (Phi) is 6.91. The Hall–Kier alpha value is -5.45. The van der Waals surface area contributed by atoms with Gasteiger partial charge in [-0.2, -0.15) is 0 Å². The molecule has 3 aliphatic heterocycles. The van der Waals surface area contributed by atoms with Gasteiger partial charge in [-0.1, -0.05) is 129 Å². The molecule has 2 aliphatic carbocycles. The van der Waals surface area contributed by atoms with E-state index in [2.05, 4.69) is 187 Å². The third kappa shape index (κ3) is 4.68. The molecule has 3 nitrogen and oxygen atoms in total. The molecule has 53 heavy (non-hydrogen) atoms. The Morgan fingerprint density at radius 1 is 0.623 bits per heavy atom. The van der Waals surface area contributed by atoms with E-state index in [0.29, 0.717) is 11.2 Å². The molecule has 258 valence electrons. The van der Waals surface area contributed by atoms with Crippen molar-refractivity contribution in [3.8, 4) is 16.9 Å². The van der Waals surface area contributed by atoms with Crippen molar-refractivity contribution >= 4 is 28.8 Å². The zero-order valence-corrected chi connectivity index (χ0v) is 30.7. The minimum absolute atomic E-state index is 0.0261. The molecule has 1 saturated heterocycles. The second kappa shape index (κ2) is 11.8. The summed E-state index contributed by atoms with van der Waals surface area (Å²) in [7, 11) is 0. The van der Waals surface area contributed by atoms with Gasteiger partial charge in [-0.05, 0) is 88.8 Å². The molecule has 5 aliphatic rings. The first kappa shape index (κ1) is 31.1. The Morgan fingerprint density at radius 2 is 1.26 bits per heavy atom. The maximum atomic E-state index is 6.76. The lowest BCUT2D eigenvalue weighted by molar-refractivity contribution is 0.229. The number of ether oxygens (including phenoxy) is 1. The van der Waals surface area contributed by atoms with E-state index in [1.54, 1.807) is 0 Å². The molecular weight excluding hydrogens is 665 g/mol. The Bertz CT molecular complexity index is 2390. The topological polar surface area (TPSA) is 15.7 Å². The molecule has 5 atom stereocenters. The zero-order valence-electron chi connectivity index (χ0n) is 29.9. The fraction of sp³-hybridized carbons (Fsp3) is 0.184. The van der Waals surface area contributed by atoms with Crippen molar-refractivity contribution in [2.24, 2.45) is 0 Å². The molecule has 0 N–H and O–H groups in total. The van der Waals surface area contributed by atoms with Crippen LogP contribution in [-0.2, 0) is 5.41 Å². The van der Waals surface area contributed by atoms with Crippen molar-refractivity contribution in [1.82, 2.24) is 0 Å². The van der Waals surface area contributed by atoms with Crippen LogP contribution in [0, 0.1) is 0 Å². The van der Waals surface area contributed by atoms with Crippen LogP contribution in [0.3, 0.4) is 0 Å². The highest BCUT2D eigenvalue weighted by Gasteiger charge is 2.58. The molecule has 0 aromatic heterocycles. The second-order valence-corrected chi connectivity index (χ2v) is 16.8. The highest BCUT2D eigenvalue weighted by molar-refractivity contribution is 8.00. The zero-order chi connectivity index (χ0) is 35.3. The maximum absolute atomic E-state index is 6.76. The fourth-order valence-corrected chi connectivity index (χ4v) is 11.6. The number of hydrogen-bond donors (Lipinski definition) is 0. The summed E-state index contributed by atoms with van der Waals surface area (Å²) >= 11 is 1.99. The Balaban J connectivity index is 1.00. The van der Waals surface area contributed by atoms with Crippen LogP contribution in [0.5, 0.6) is 5.75 Å². The molecule has 4 heteroatoms. The van der Waals surface area contributed by atoms with Crippen molar-refractivity contribution in [2.75, 3.05) is 9.80 Å². The highest BCUT2D eigenvalue weighted by atomic mass is 32.2. The van der Waals surface area contributed by atoms with Gasteiger partial charge in [-0.3, -0.25) is 0 Å². The van der Waals surface area contributed by atoms with E-state index in [4.69, 9.17) is 4.74 Å². The van der Waals surface area contributed by atoms with Gasteiger partial charge in [0.15, 0.2) is 0 Å². The van der Waals surface area contributed by atoms with Crippen molar-refractivity contribution in [3.05, 3.63) is 197 Å². The number of para-hydroxylation sites is 1. The Morgan fingerprint density at radius 3 is 2.06 bits per heavy atom. The monoisotopic (exact) mass is 704 g/mol. The summed E-state index contributed by atoms with van der Waals surface area (Å²) in [5.74, 6) is 1.39. The summed E-state index contributed by atoms with van der Waals surface area (Å²) in [5, 5.41) is 0.330. The molecular formula is C49H40N2OS. The van der Waals surface area contributed by atoms with Crippen LogP contribution in [0.2, 0.25) is 0 Å². The third-order valence-electron chi connectivity index (χ3n) is 12.4. The van der Waals surface area contributed by atoms with Gasteiger partial charge in [0.05, 0.1) is 17.3 Å². The minimum atomic E-state index is 0.0261. The summed E-state index contributed by atoms with van der Waals surface area (Å²) in [5.41, 5.74) is 14.5. The average molecular weight is 705 g/mol. The normalized spacial score (nSPS) is 23.8. The van der Waals surface area contributed by atoms with Crippen LogP contribution in [0.1, 0.15) is 60.5 Å². The van der Waals surface area contributed by atoms with Gasteiger partial charge < -0.3 is 14.5 Å². The molecule has 0 amide bonds. The van der Waals surface area contributed by atoms with Crippen molar-refractivity contribution < 1.29 is 4.74 Å². The summed E-state index contributed by atoms with van der Waals surface area (Å²) in [6.07, 6.45) is 5.85. The molecule has 3 heterocycles. The van der Waals surface area contributed by atoms with Crippen molar-refractivity contribution in [3.63, 3.8) is 0 Å². The summed E-state index contributed by atoms with van der Waals surface area (Å²) < 4.78 is 6.76. The SMILES string of the molecule is CC1(C)C2=CC=C(N(c3ccc(-c4ccccc4)cc3)c3ccc(N4C5c6ccccc6OC5C5Sc6ccccc6C54)cc3)CC2c2ccccc21. The van der Waals surface area contributed by atoms with E-state index in [0.717, 1.165) is 12.2 Å². The van der Waals surface area contributed by atoms with Gasteiger partial charge in [0.2, 0.25) is 0 Å². The van der Waals surface area contributed by atoms with Crippen LogP contribution in [0.15, 0.2) is 180 Å². The van der Waals surface area contributed by atoms with Gasteiger partial charge in [-0.25, -0.2) is 0 Å². The highest BCUT2D eigenvalue weighted by Crippen LogP contribution is 2.62. The summed E-state index contributed by atoms with van der Waals surface area (Å²) in [6, 6.07) is 56.3. The minimum Gasteiger partial charge on any atom is -0.486 e. The number of rotatable bonds is 5. The summed E-state index contributed by atoms with van der Waals surface area (Å²) in [6.45, 7) is 4.77. The van der Waals surface area contributed by atoms with Gasteiger partial charge in [0, 0.05) is 44.6 Å². The molecule has 0 radical (unpaired) electrons. The van der Waals surface area contributed by atoms with Crippen LogP contribution in [0.4, 0.5) is 17.1 Å². The molecule has 11 rings (SSSR count). The van der Waals surface area contributed by atoms with E-state index in [1.165, 1.54) is 66.6 Å². The number of hydrogen-bond acceptors (Lipinski definition) is 4. The first-order chi connectivity index (χ1) is 26.0. The maximum Gasteiger partial charge on any atom is 0.138 e. The molecule has 0 spiro atoms. The van der Waals surface area contributed by atoms with Gasteiger partial charge >= 0.3 is 0 Å². The molecule has 0 saturated carbocycles. The van der Waals surface area contributed by atoms with Crippen LogP contribution in [-0.4, -0.2) is 11.4 Å². The number of fused-ring (bicyclic) bond motifs is 10. The van der Waals surface area contributed by atoms with Gasteiger partial charge in [0.25, 0.3) is 0 Å². The predicted molar refractivity (Wildman–Crippen MR) is 218 cm³/mol. The lowest BCUT2D eigenvalue weighted by Gasteiger charge is -2.35. The van der Waals surface area contributed by atoms with Crippen LogP contribution >= 0.6 is 11.8 Å². The molecule has 6 aromatic rings. The quantitative estimate of drug-likeness (QED) is 0.177. The first-order valence-electron chi connectivity index (χ1n) is 18.9. The molecule has 6 aromatic carbocycles. The van der Waals surface area contributed by atoms with Crippen LogP contribution in [0.25, 0.3) is 11.1 Å². The first-order valence-corrected chi connectivity index (χ1v) is 19.8. The molecule has 5 unspecified atom stereocenters. The smallest absolute Gasteiger partial charge is 0.138 e. The molecule has 1 fully saturated rings. The molecule has 0 bridgehead atoms. The largest absolute Gasteiger partial charge is 0.486 e. The van der Waals surface area contributed by atoms with E-state index in [9.17, 15) is 0 Å². The number of nitrogens with zero attached hydrogens (tertiary/aromatic N) is 2. The van der Waals surface area contributed by atoms with Gasteiger partial charge in [0.1, 0.15) is 11.9 Å². The van der Waals surface area contributed by atoms with Crippen molar-refractivity contribution in [1.29, 1.82) is 0 Å². The number of benzene rings is 6. The second-order valence-electron chi connectivity index (χ2n) is 15.6. The number of anilines is 3. The number of allylic oxidation sites excluding steroid dienone is 4. The lowest BCUT2D eigenvalue weighted by Crippen LogP contribution is -2.27. The standard InChI is InChI=1S/C49H40N2OS/c1-49(2)41-17-9-6-14-37(41)40-30-36(28-29-42(40)49)50(33-22-20-32(21-23-33)31-12-4-3-5-13-31)34-24-26-35(27-25-34)51-45-38-15-7-10-18-43(38)52-47(45)48-46(51)39-16-8-11-19-44(39)53-48/h3-29,40,45-48H,30H2,1-2H3. The van der Waals surface area contributed by atoms with E-state index >= 15 is 0 Å². The van der Waals surface area contributed by atoms with Gasteiger partial charge in [-0.15, -0.1) is 11.8 Å². The van der Waals surface area contributed by atoms with E-state index in [1.807, 2.05) is 11.8 Å².